The predicted molar refractivity (Wildman–Crippen MR) is 128 cm³/mol. The van der Waals surface area contributed by atoms with Crippen LogP contribution in [0.15, 0.2) is 73.3 Å². The summed E-state index contributed by atoms with van der Waals surface area (Å²) in [5.41, 5.74) is 2.28. The van der Waals surface area contributed by atoms with E-state index in [9.17, 15) is 13.2 Å². The highest BCUT2D eigenvalue weighted by molar-refractivity contribution is 7.89. The molecule has 1 aliphatic rings. The SMILES string of the molecule is CC1CCC(c2ccccc2)S(=O)(=O)N1Cc1ccc(C(=O)NCCCn2ccnc2)cc1. The highest BCUT2D eigenvalue weighted by Crippen LogP contribution is 2.37. The second kappa shape index (κ2) is 10.3. The van der Waals surface area contributed by atoms with Gasteiger partial charge in [-0.05, 0) is 49.4 Å². The molecule has 1 saturated heterocycles. The average molecular weight is 467 g/mol. The fourth-order valence-electron chi connectivity index (χ4n) is 4.28. The number of hydrogen-bond acceptors (Lipinski definition) is 4. The molecule has 0 saturated carbocycles. The van der Waals surface area contributed by atoms with Gasteiger partial charge in [-0.1, -0.05) is 42.5 Å². The normalized spacial score (nSPS) is 20.4. The Morgan fingerprint density at radius 3 is 2.55 bits per heavy atom. The van der Waals surface area contributed by atoms with Crippen LogP contribution in [0, 0.1) is 0 Å². The first-order chi connectivity index (χ1) is 15.9. The van der Waals surface area contributed by atoms with E-state index < -0.39 is 15.3 Å². The molecule has 2 aromatic carbocycles. The van der Waals surface area contributed by atoms with Gasteiger partial charge in [0.2, 0.25) is 10.0 Å². The Balaban J connectivity index is 1.36. The number of rotatable bonds is 8. The van der Waals surface area contributed by atoms with Gasteiger partial charge in [-0.25, -0.2) is 13.4 Å². The lowest BCUT2D eigenvalue weighted by atomic mass is 10.0. The number of aromatic nitrogens is 2. The second-order valence-electron chi connectivity index (χ2n) is 8.52. The zero-order chi connectivity index (χ0) is 23.3. The van der Waals surface area contributed by atoms with E-state index in [1.54, 1.807) is 29.0 Å². The Labute approximate surface area is 195 Å². The Bertz CT molecular complexity index is 1150. The van der Waals surface area contributed by atoms with Crippen LogP contribution < -0.4 is 5.32 Å². The van der Waals surface area contributed by atoms with Crippen molar-refractivity contribution >= 4 is 15.9 Å². The summed E-state index contributed by atoms with van der Waals surface area (Å²) in [6.07, 6.45) is 7.64. The van der Waals surface area contributed by atoms with Crippen LogP contribution in [0.25, 0.3) is 0 Å². The van der Waals surface area contributed by atoms with Gasteiger partial charge in [0.25, 0.3) is 5.91 Å². The quantitative estimate of drug-likeness (QED) is 0.513. The van der Waals surface area contributed by atoms with Gasteiger partial charge < -0.3 is 9.88 Å². The van der Waals surface area contributed by atoms with E-state index in [0.29, 0.717) is 25.1 Å². The minimum Gasteiger partial charge on any atom is -0.352 e. The van der Waals surface area contributed by atoms with Crippen molar-refractivity contribution in [1.82, 2.24) is 19.2 Å². The molecule has 7 nitrogen and oxygen atoms in total. The van der Waals surface area contributed by atoms with E-state index in [1.807, 2.05) is 60.2 Å². The van der Waals surface area contributed by atoms with Crippen LogP contribution in [-0.4, -0.2) is 40.8 Å². The molecule has 1 aromatic heterocycles. The lowest BCUT2D eigenvalue weighted by molar-refractivity contribution is 0.0952. The number of carbonyl (C=O) groups excluding carboxylic acids is 1. The monoisotopic (exact) mass is 466 g/mol. The molecular weight excluding hydrogens is 436 g/mol. The lowest BCUT2D eigenvalue weighted by Gasteiger charge is -2.37. The van der Waals surface area contributed by atoms with Crippen molar-refractivity contribution < 1.29 is 13.2 Å². The fourth-order valence-corrected chi connectivity index (χ4v) is 6.48. The van der Waals surface area contributed by atoms with E-state index in [-0.39, 0.29) is 11.9 Å². The first-order valence-electron chi connectivity index (χ1n) is 11.3. The van der Waals surface area contributed by atoms with E-state index in [0.717, 1.165) is 30.5 Å². The zero-order valence-electron chi connectivity index (χ0n) is 18.8. The third-order valence-electron chi connectivity index (χ3n) is 6.19. The highest BCUT2D eigenvalue weighted by Gasteiger charge is 2.40. The summed E-state index contributed by atoms with van der Waals surface area (Å²) in [4.78, 5) is 16.4. The molecule has 0 bridgehead atoms. The minimum absolute atomic E-state index is 0.0616. The number of hydrogen-bond donors (Lipinski definition) is 1. The summed E-state index contributed by atoms with van der Waals surface area (Å²) in [5.74, 6) is -0.129. The molecule has 0 aliphatic carbocycles. The minimum atomic E-state index is -3.48. The highest BCUT2D eigenvalue weighted by atomic mass is 32.2. The maximum absolute atomic E-state index is 13.4. The molecule has 1 aliphatic heterocycles. The predicted octanol–water partition coefficient (Wildman–Crippen LogP) is 3.76. The standard InChI is InChI=1S/C25H30N4O3S/c1-20-8-13-24(22-6-3-2-4-7-22)33(31,32)29(20)18-21-9-11-23(12-10-21)25(30)27-14-5-16-28-17-15-26-19-28/h2-4,6-7,9-12,15,17,19-20,24H,5,8,13-14,16,18H2,1H3,(H,27,30). The van der Waals surface area contributed by atoms with Crippen molar-refractivity contribution in [3.05, 3.63) is 90.0 Å². The molecule has 0 radical (unpaired) electrons. The molecular formula is C25H30N4O3S. The number of amides is 1. The van der Waals surface area contributed by atoms with Gasteiger partial charge in [0.1, 0.15) is 5.25 Å². The first-order valence-corrected chi connectivity index (χ1v) is 12.8. The van der Waals surface area contributed by atoms with E-state index in [4.69, 9.17) is 0 Å². The molecule has 33 heavy (non-hydrogen) atoms. The van der Waals surface area contributed by atoms with Gasteiger partial charge in [0.15, 0.2) is 0 Å². The smallest absolute Gasteiger partial charge is 0.251 e. The number of carbonyl (C=O) groups is 1. The topological polar surface area (TPSA) is 84.3 Å². The first kappa shape index (κ1) is 23.2. The van der Waals surface area contributed by atoms with Crippen LogP contribution in [-0.2, 0) is 23.1 Å². The molecule has 174 valence electrons. The van der Waals surface area contributed by atoms with E-state index in [2.05, 4.69) is 10.3 Å². The number of imidazole rings is 1. The lowest BCUT2D eigenvalue weighted by Crippen LogP contribution is -2.44. The summed E-state index contributed by atoms with van der Waals surface area (Å²) >= 11 is 0. The maximum atomic E-state index is 13.4. The number of benzene rings is 2. The Morgan fingerprint density at radius 1 is 1.09 bits per heavy atom. The van der Waals surface area contributed by atoms with Crippen LogP contribution >= 0.6 is 0 Å². The van der Waals surface area contributed by atoms with E-state index in [1.165, 1.54) is 0 Å². The van der Waals surface area contributed by atoms with Gasteiger partial charge in [-0.2, -0.15) is 4.31 Å². The largest absolute Gasteiger partial charge is 0.352 e. The number of sulfonamides is 1. The van der Waals surface area contributed by atoms with E-state index >= 15 is 0 Å². The average Bonchev–Trinajstić information content (AvgIpc) is 3.34. The molecule has 0 spiro atoms. The molecule has 1 N–H and O–H groups in total. The number of nitrogens with one attached hydrogen (secondary N) is 1. The van der Waals surface area contributed by atoms with Gasteiger partial charge in [0.05, 0.1) is 6.33 Å². The molecule has 2 unspecified atom stereocenters. The van der Waals surface area contributed by atoms with Gasteiger partial charge in [-0.3, -0.25) is 4.79 Å². The summed E-state index contributed by atoms with van der Waals surface area (Å²) in [6, 6.07) is 16.6. The van der Waals surface area contributed by atoms with Crippen molar-refractivity contribution in [3.63, 3.8) is 0 Å². The molecule has 2 atom stereocenters. The van der Waals surface area contributed by atoms with Crippen LogP contribution in [0.4, 0.5) is 0 Å². The second-order valence-corrected chi connectivity index (χ2v) is 10.6. The van der Waals surface area contributed by atoms with Crippen molar-refractivity contribution in [2.24, 2.45) is 0 Å². The molecule has 1 fully saturated rings. The third kappa shape index (κ3) is 5.51. The van der Waals surface area contributed by atoms with Crippen LogP contribution in [0.3, 0.4) is 0 Å². The Hall–Kier alpha value is -2.97. The maximum Gasteiger partial charge on any atom is 0.251 e. The van der Waals surface area contributed by atoms with Gasteiger partial charge in [0, 0.05) is 43.6 Å². The summed E-state index contributed by atoms with van der Waals surface area (Å²) in [7, 11) is -3.48. The molecule has 1 amide bonds. The molecule has 3 aromatic rings. The van der Waals surface area contributed by atoms with Crippen molar-refractivity contribution in [2.45, 2.75) is 50.6 Å². The molecule has 4 rings (SSSR count). The number of nitrogens with zero attached hydrogens (tertiary/aromatic N) is 3. The Morgan fingerprint density at radius 2 is 1.85 bits per heavy atom. The van der Waals surface area contributed by atoms with Crippen LogP contribution in [0.2, 0.25) is 0 Å². The van der Waals surface area contributed by atoms with Crippen molar-refractivity contribution in [1.29, 1.82) is 0 Å². The molecule has 2 heterocycles. The Kier molecular flexibility index (Phi) is 7.25. The van der Waals surface area contributed by atoms with Crippen molar-refractivity contribution in [2.75, 3.05) is 6.54 Å². The van der Waals surface area contributed by atoms with Gasteiger partial charge in [-0.15, -0.1) is 0 Å². The zero-order valence-corrected chi connectivity index (χ0v) is 19.6. The third-order valence-corrected chi connectivity index (χ3v) is 8.56. The summed E-state index contributed by atoms with van der Waals surface area (Å²) < 4.78 is 30.4. The summed E-state index contributed by atoms with van der Waals surface area (Å²) in [5, 5.41) is 2.42. The van der Waals surface area contributed by atoms with Gasteiger partial charge >= 0.3 is 0 Å². The fraction of sp³-hybridized carbons (Fsp3) is 0.360. The molecule has 8 heteroatoms. The number of aryl methyl sites for hydroxylation is 1. The summed E-state index contributed by atoms with van der Waals surface area (Å²) in [6.45, 7) is 3.64. The van der Waals surface area contributed by atoms with Crippen LogP contribution in [0.5, 0.6) is 0 Å². The van der Waals surface area contributed by atoms with Crippen molar-refractivity contribution in [3.8, 4) is 0 Å². The van der Waals surface area contributed by atoms with Crippen LogP contribution in [0.1, 0.15) is 52.9 Å².